The van der Waals surface area contributed by atoms with Gasteiger partial charge in [-0.05, 0) is 43.0 Å². The highest BCUT2D eigenvalue weighted by Gasteiger charge is 2.01. The fourth-order valence-electron chi connectivity index (χ4n) is 2.26. The van der Waals surface area contributed by atoms with Crippen molar-refractivity contribution < 1.29 is 9.47 Å². The highest BCUT2D eigenvalue weighted by atomic mass is 16.5. The molecule has 0 atom stereocenters. The van der Waals surface area contributed by atoms with Crippen LogP contribution in [0.5, 0.6) is 11.5 Å². The van der Waals surface area contributed by atoms with Crippen LogP contribution in [0.3, 0.4) is 0 Å². The number of hydrogen-bond acceptors (Lipinski definition) is 2. The number of ether oxygens (including phenoxy) is 2. The first-order chi connectivity index (χ1) is 10.2. The van der Waals surface area contributed by atoms with E-state index in [9.17, 15) is 0 Å². The molecule has 2 aromatic rings. The maximum atomic E-state index is 5.30. The summed E-state index contributed by atoms with van der Waals surface area (Å²) in [6.07, 6.45) is 4.29. The van der Waals surface area contributed by atoms with Gasteiger partial charge in [0.15, 0.2) is 0 Å². The van der Waals surface area contributed by atoms with Crippen LogP contribution in [0.2, 0.25) is 0 Å². The third-order valence-corrected chi connectivity index (χ3v) is 3.44. The van der Waals surface area contributed by atoms with Crippen LogP contribution in [0.25, 0.3) is 6.08 Å². The molecule has 0 spiro atoms. The molecule has 0 heterocycles. The Morgan fingerprint density at radius 1 is 0.952 bits per heavy atom. The third-order valence-electron chi connectivity index (χ3n) is 3.44. The van der Waals surface area contributed by atoms with Crippen molar-refractivity contribution in [1.29, 1.82) is 0 Å². The lowest BCUT2D eigenvalue weighted by molar-refractivity contribution is 0.394. The topological polar surface area (TPSA) is 18.5 Å². The van der Waals surface area contributed by atoms with Gasteiger partial charge in [-0.25, -0.2) is 0 Å². The molecule has 21 heavy (non-hydrogen) atoms. The molecule has 0 bridgehead atoms. The largest absolute Gasteiger partial charge is 0.497 e. The second kappa shape index (κ2) is 7.53. The van der Waals surface area contributed by atoms with Crippen molar-refractivity contribution >= 4 is 6.08 Å². The van der Waals surface area contributed by atoms with Crippen LogP contribution in [0.4, 0.5) is 0 Å². The summed E-state index contributed by atoms with van der Waals surface area (Å²) in [6.45, 7) is 2.16. The van der Waals surface area contributed by atoms with Gasteiger partial charge in [0.1, 0.15) is 11.5 Å². The molecule has 0 unspecified atom stereocenters. The molecular formula is C19H22O2. The van der Waals surface area contributed by atoms with Crippen LogP contribution >= 0.6 is 0 Å². The average Bonchev–Trinajstić information content (AvgIpc) is 2.53. The van der Waals surface area contributed by atoms with Crippen LogP contribution in [-0.2, 0) is 6.42 Å². The molecule has 0 aliphatic heterocycles. The monoisotopic (exact) mass is 282 g/mol. The van der Waals surface area contributed by atoms with Gasteiger partial charge >= 0.3 is 0 Å². The summed E-state index contributed by atoms with van der Waals surface area (Å²) < 4.78 is 10.6. The van der Waals surface area contributed by atoms with Crippen LogP contribution in [-0.4, -0.2) is 14.2 Å². The Morgan fingerprint density at radius 2 is 1.57 bits per heavy atom. The quantitative estimate of drug-likeness (QED) is 0.762. The lowest BCUT2D eigenvalue weighted by atomic mass is 10.0. The molecule has 0 radical (unpaired) electrons. The Hall–Kier alpha value is -2.22. The van der Waals surface area contributed by atoms with Gasteiger partial charge in [0.2, 0.25) is 0 Å². The Kier molecular flexibility index (Phi) is 5.44. The van der Waals surface area contributed by atoms with E-state index in [0.29, 0.717) is 0 Å². The lowest BCUT2D eigenvalue weighted by Gasteiger charge is -2.07. The predicted molar refractivity (Wildman–Crippen MR) is 88.0 cm³/mol. The van der Waals surface area contributed by atoms with Crippen molar-refractivity contribution in [2.75, 3.05) is 14.2 Å². The Balaban J connectivity index is 2.07. The normalized spacial score (nSPS) is 11.3. The van der Waals surface area contributed by atoms with Gasteiger partial charge in [-0.3, -0.25) is 0 Å². The van der Waals surface area contributed by atoms with Crippen LogP contribution in [0.1, 0.15) is 24.5 Å². The molecular weight excluding hydrogens is 260 g/mol. The number of methoxy groups -OCH3 is 2. The molecule has 2 nitrogen and oxygen atoms in total. The minimum Gasteiger partial charge on any atom is -0.497 e. The Morgan fingerprint density at radius 3 is 2.14 bits per heavy atom. The predicted octanol–water partition coefficient (Wildman–Crippen LogP) is 4.74. The molecule has 0 saturated heterocycles. The maximum Gasteiger partial charge on any atom is 0.123 e. The highest BCUT2D eigenvalue weighted by Crippen LogP contribution is 2.24. The van der Waals surface area contributed by atoms with Gasteiger partial charge in [0, 0.05) is 6.07 Å². The second-order valence-electron chi connectivity index (χ2n) is 5.12. The number of aryl methyl sites for hydroxylation is 1. The van der Waals surface area contributed by atoms with Gasteiger partial charge in [0.05, 0.1) is 14.2 Å². The first-order valence-electron chi connectivity index (χ1n) is 7.15. The molecule has 0 fully saturated rings. The van der Waals surface area contributed by atoms with Crippen LogP contribution < -0.4 is 9.47 Å². The molecule has 2 heteroatoms. The zero-order valence-corrected chi connectivity index (χ0v) is 12.9. The van der Waals surface area contributed by atoms with Crippen LogP contribution in [0, 0.1) is 0 Å². The van der Waals surface area contributed by atoms with E-state index in [-0.39, 0.29) is 0 Å². The molecule has 0 amide bonds. The maximum absolute atomic E-state index is 5.30. The molecule has 110 valence electrons. The molecule has 2 aromatic carbocycles. The van der Waals surface area contributed by atoms with E-state index >= 15 is 0 Å². The zero-order valence-electron chi connectivity index (χ0n) is 12.9. The molecule has 2 rings (SSSR count). The van der Waals surface area contributed by atoms with Crippen molar-refractivity contribution in [1.82, 2.24) is 0 Å². The van der Waals surface area contributed by atoms with Gasteiger partial charge in [0.25, 0.3) is 0 Å². The molecule has 0 aliphatic carbocycles. The lowest BCUT2D eigenvalue weighted by Crippen LogP contribution is -1.89. The smallest absolute Gasteiger partial charge is 0.123 e. The summed E-state index contributed by atoms with van der Waals surface area (Å²) in [4.78, 5) is 0. The first-order valence-corrected chi connectivity index (χ1v) is 7.15. The fourth-order valence-corrected chi connectivity index (χ4v) is 2.26. The number of hydrogen-bond donors (Lipinski definition) is 0. The number of allylic oxidation sites excluding steroid dienone is 1. The average molecular weight is 282 g/mol. The van der Waals surface area contributed by atoms with Gasteiger partial charge < -0.3 is 9.47 Å². The van der Waals surface area contributed by atoms with E-state index < -0.39 is 0 Å². The van der Waals surface area contributed by atoms with E-state index in [2.05, 4.69) is 43.3 Å². The van der Waals surface area contributed by atoms with E-state index in [0.717, 1.165) is 29.9 Å². The summed E-state index contributed by atoms with van der Waals surface area (Å²) in [5.41, 5.74) is 3.82. The Labute approximate surface area is 127 Å². The standard InChI is InChI=1S/C19H22O2/c1-15(9-10-16-7-5-4-6-8-16)11-17-12-18(20-2)14-19(13-17)21-3/h4-8,11-14H,9-10H2,1-3H3/b15-11+. The summed E-state index contributed by atoms with van der Waals surface area (Å²) in [6, 6.07) is 16.5. The summed E-state index contributed by atoms with van der Waals surface area (Å²) in [5, 5.41) is 0. The Bertz CT molecular complexity index is 578. The van der Waals surface area contributed by atoms with Gasteiger partial charge in [-0.2, -0.15) is 0 Å². The highest BCUT2D eigenvalue weighted by molar-refractivity contribution is 5.57. The third kappa shape index (κ3) is 4.67. The van der Waals surface area contributed by atoms with Crippen molar-refractivity contribution in [2.45, 2.75) is 19.8 Å². The summed E-state index contributed by atoms with van der Waals surface area (Å²) in [5.74, 6) is 1.63. The number of benzene rings is 2. The summed E-state index contributed by atoms with van der Waals surface area (Å²) >= 11 is 0. The SMILES string of the molecule is COc1cc(/C=C(\C)CCc2ccccc2)cc(OC)c1. The first kappa shape index (κ1) is 15.2. The second-order valence-corrected chi connectivity index (χ2v) is 5.12. The van der Waals surface area contributed by atoms with Crippen molar-refractivity contribution in [3.8, 4) is 11.5 Å². The van der Waals surface area contributed by atoms with Crippen molar-refractivity contribution in [3.63, 3.8) is 0 Å². The van der Waals surface area contributed by atoms with Crippen LogP contribution in [0.15, 0.2) is 54.1 Å². The number of rotatable bonds is 6. The minimum atomic E-state index is 0.816. The van der Waals surface area contributed by atoms with E-state index in [1.165, 1.54) is 11.1 Å². The van der Waals surface area contributed by atoms with Gasteiger partial charge in [-0.1, -0.05) is 42.0 Å². The minimum absolute atomic E-state index is 0.816. The molecule has 0 aliphatic rings. The molecule has 0 aromatic heterocycles. The van der Waals surface area contributed by atoms with E-state index in [4.69, 9.17) is 9.47 Å². The van der Waals surface area contributed by atoms with Crippen molar-refractivity contribution in [2.24, 2.45) is 0 Å². The summed E-state index contributed by atoms with van der Waals surface area (Å²) in [7, 11) is 3.34. The molecule has 0 N–H and O–H groups in total. The fraction of sp³-hybridized carbons (Fsp3) is 0.263. The molecule has 0 saturated carbocycles. The van der Waals surface area contributed by atoms with Crippen molar-refractivity contribution in [3.05, 3.63) is 65.2 Å². The van der Waals surface area contributed by atoms with Gasteiger partial charge in [-0.15, -0.1) is 0 Å². The van der Waals surface area contributed by atoms with E-state index in [1.54, 1.807) is 14.2 Å². The zero-order chi connectivity index (χ0) is 15.1. The van der Waals surface area contributed by atoms with E-state index in [1.807, 2.05) is 18.2 Å².